The van der Waals surface area contributed by atoms with E-state index in [9.17, 15) is 9.90 Å². The van der Waals surface area contributed by atoms with Gasteiger partial charge in [-0.05, 0) is 11.1 Å². The van der Waals surface area contributed by atoms with Crippen LogP contribution in [0.4, 0.5) is 0 Å². The van der Waals surface area contributed by atoms with Crippen molar-refractivity contribution in [2.75, 3.05) is 0 Å². The van der Waals surface area contributed by atoms with E-state index in [4.69, 9.17) is 0 Å². The Balaban J connectivity index is 1.80. The number of benzene rings is 2. The number of carbonyl (C=O) groups excluding carboxylic acids is 1. The van der Waals surface area contributed by atoms with Gasteiger partial charge >= 0.3 is 0 Å². The molecule has 1 aromatic heterocycles. The third kappa shape index (κ3) is 3.64. The van der Waals surface area contributed by atoms with Gasteiger partial charge in [0.2, 0.25) is 0 Å². The van der Waals surface area contributed by atoms with Crippen LogP contribution in [0.2, 0.25) is 0 Å². The predicted molar refractivity (Wildman–Crippen MR) is 90.1 cm³/mol. The number of amides is 1. The maximum Gasteiger partial charge on any atom is 0.253 e. The summed E-state index contributed by atoms with van der Waals surface area (Å²) >= 11 is 0. The number of hydrogen-bond acceptors (Lipinski definition) is 4. The second kappa shape index (κ2) is 7.48. The van der Waals surface area contributed by atoms with Crippen LogP contribution in [-0.2, 0) is 6.54 Å². The van der Waals surface area contributed by atoms with Crippen molar-refractivity contribution in [3.8, 4) is 0 Å². The molecule has 1 unspecified atom stereocenters. The third-order valence-corrected chi connectivity index (χ3v) is 3.71. The first kappa shape index (κ1) is 15.8. The Labute approximate surface area is 140 Å². The highest BCUT2D eigenvalue weighted by atomic mass is 16.3. The van der Waals surface area contributed by atoms with Crippen LogP contribution in [0.1, 0.15) is 33.2 Å². The van der Waals surface area contributed by atoms with E-state index in [0.717, 1.165) is 5.56 Å². The first-order valence-electron chi connectivity index (χ1n) is 7.61. The van der Waals surface area contributed by atoms with Gasteiger partial charge in [0.1, 0.15) is 6.10 Å². The summed E-state index contributed by atoms with van der Waals surface area (Å²) in [7, 11) is 0. The highest BCUT2D eigenvalue weighted by molar-refractivity contribution is 5.95. The number of nitrogens with one attached hydrogen (secondary N) is 1. The zero-order valence-corrected chi connectivity index (χ0v) is 13.0. The summed E-state index contributed by atoms with van der Waals surface area (Å²) in [6, 6.07) is 18.8. The van der Waals surface area contributed by atoms with Crippen LogP contribution < -0.4 is 5.32 Å². The highest BCUT2D eigenvalue weighted by Crippen LogP contribution is 2.23. The van der Waals surface area contributed by atoms with Gasteiger partial charge in [-0.1, -0.05) is 60.7 Å². The van der Waals surface area contributed by atoms with E-state index in [2.05, 4.69) is 15.5 Å². The van der Waals surface area contributed by atoms with E-state index in [0.29, 0.717) is 23.2 Å². The Kier molecular flexibility index (Phi) is 4.93. The fourth-order valence-electron chi connectivity index (χ4n) is 2.43. The van der Waals surface area contributed by atoms with Gasteiger partial charge in [-0.25, -0.2) is 0 Å². The first-order chi connectivity index (χ1) is 11.8. The molecule has 0 fully saturated rings. The molecule has 1 atom stereocenters. The molecule has 3 aromatic rings. The Bertz CT molecular complexity index is 807. The largest absolute Gasteiger partial charge is 0.384 e. The first-order valence-corrected chi connectivity index (χ1v) is 7.61. The van der Waals surface area contributed by atoms with E-state index in [1.54, 1.807) is 12.1 Å². The summed E-state index contributed by atoms with van der Waals surface area (Å²) in [6.45, 7) is 0.406. The lowest BCUT2D eigenvalue weighted by molar-refractivity contribution is 0.0945. The van der Waals surface area contributed by atoms with Gasteiger partial charge in [0, 0.05) is 12.1 Å². The molecule has 0 aliphatic heterocycles. The van der Waals surface area contributed by atoms with Crippen LogP contribution in [0.5, 0.6) is 0 Å². The quantitative estimate of drug-likeness (QED) is 0.757. The van der Waals surface area contributed by atoms with Crippen molar-refractivity contribution >= 4 is 5.91 Å². The van der Waals surface area contributed by atoms with E-state index in [-0.39, 0.29) is 5.91 Å². The minimum atomic E-state index is -0.931. The monoisotopic (exact) mass is 319 g/mol. The molecular weight excluding hydrogens is 302 g/mol. The molecule has 1 heterocycles. The molecule has 0 bridgehead atoms. The van der Waals surface area contributed by atoms with E-state index < -0.39 is 6.10 Å². The minimum absolute atomic E-state index is 0.293. The van der Waals surface area contributed by atoms with Crippen molar-refractivity contribution in [2.24, 2.45) is 0 Å². The molecule has 120 valence electrons. The lowest BCUT2D eigenvalue weighted by atomic mass is 9.99. The molecule has 1 amide bonds. The number of hydrogen-bond donors (Lipinski definition) is 2. The molecule has 0 aliphatic carbocycles. The Hall–Kier alpha value is -3.05. The number of carbonyl (C=O) groups is 1. The summed E-state index contributed by atoms with van der Waals surface area (Å²) in [5.74, 6) is -0.293. The Morgan fingerprint density at radius 2 is 1.58 bits per heavy atom. The summed E-state index contributed by atoms with van der Waals surface area (Å²) in [5.41, 5.74) is 2.44. The molecule has 5 nitrogen and oxygen atoms in total. The molecule has 5 heteroatoms. The van der Waals surface area contributed by atoms with Gasteiger partial charge < -0.3 is 10.4 Å². The third-order valence-electron chi connectivity index (χ3n) is 3.71. The van der Waals surface area contributed by atoms with E-state index >= 15 is 0 Å². The van der Waals surface area contributed by atoms with Crippen molar-refractivity contribution in [2.45, 2.75) is 12.6 Å². The molecule has 0 spiro atoms. The minimum Gasteiger partial charge on any atom is -0.384 e. The maximum absolute atomic E-state index is 12.5. The molecular formula is C19H17N3O2. The average Bonchev–Trinajstić information content (AvgIpc) is 2.67. The van der Waals surface area contributed by atoms with E-state index in [1.165, 1.54) is 12.4 Å². The molecule has 3 rings (SSSR count). The smallest absolute Gasteiger partial charge is 0.253 e. The number of aliphatic hydroxyl groups is 1. The second-order valence-corrected chi connectivity index (χ2v) is 5.34. The normalized spacial score (nSPS) is 11.7. The summed E-state index contributed by atoms with van der Waals surface area (Å²) in [5, 5.41) is 21.0. The van der Waals surface area contributed by atoms with Gasteiger partial charge in [0.25, 0.3) is 5.91 Å². The SMILES string of the molecule is O=C(NCc1ccccc1)c1cnncc1C(O)c1ccccc1. The molecule has 2 aromatic carbocycles. The van der Waals surface area contributed by atoms with E-state index in [1.807, 2.05) is 48.5 Å². The van der Waals surface area contributed by atoms with Crippen LogP contribution in [0.25, 0.3) is 0 Å². The van der Waals surface area contributed by atoms with Crippen molar-refractivity contribution in [3.63, 3.8) is 0 Å². The standard InChI is InChI=1S/C19H17N3O2/c23-18(15-9-5-2-6-10-15)16-12-21-22-13-17(16)19(24)20-11-14-7-3-1-4-8-14/h1-10,12-13,18,23H,11H2,(H,20,24). The molecule has 0 radical (unpaired) electrons. The second-order valence-electron chi connectivity index (χ2n) is 5.34. The van der Waals surface area contributed by atoms with Crippen molar-refractivity contribution in [3.05, 3.63) is 95.3 Å². The van der Waals surface area contributed by atoms with Crippen molar-refractivity contribution in [1.82, 2.24) is 15.5 Å². The lowest BCUT2D eigenvalue weighted by Crippen LogP contribution is -2.25. The van der Waals surface area contributed by atoms with Crippen LogP contribution in [0, 0.1) is 0 Å². The maximum atomic E-state index is 12.5. The zero-order chi connectivity index (χ0) is 16.8. The Morgan fingerprint density at radius 3 is 2.29 bits per heavy atom. The van der Waals surface area contributed by atoms with Gasteiger partial charge in [0.15, 0.2) is 0 Å². The average molecular weight is 319 g/mol. The van der Waals surface area contributed by atoms with Crippen LogP contribution in [-0.4, -0.2) is 21.2 Å². The lowest BCUT2D eigenvalue weighted by Gasteiger charge is -2.14. The van der Waals surface area contributed by atoms with Crippen molar-refractivity contribution in [1.29, 1.82) is 0 Å². The molecule has 0 saturated heterocycles. The summed E-state index contributed by atoms with van der Waals surface area (Å²) in [6.07, 6.45) is 1.87. The number of aliphatic hydroxyl groups excluding tert-OH is 1. The van der Waals surface area contributed by atoms with Gasteiger partial charge in [-0.15, -0.1) is 0 Å². The van der Waals surface area contributed by atoms with Gasteiger partial charge in [-0.2, -0.15) is 10.2 Å². The molecule has 24 heavy (non-hydrogen) atoms. The molecule has 0 saturated carbocycles. The topological polar surface area (TPSA) is 75.1 Å². The number of rotatable bonds is 5. The van der Waals surface area contributed by atoms with Gasteiger partial charge in [0.05, 0.1) is 18.0 Å². The molecule has 0 aliphatic rings. The van der Waals surface area contributed by atoms with Crippen molar-refractivity contribution < 1.29 is 9.90 Å². The van der Waals surface area contributed by atoms with Crippen LogP contribution in [0.15, 0.2) is 73.1 Å². The van der Waals surface area contributed by atoms with Crippen LogP contribution >= 0.6 is 0 Å². The number of nitrogens with zero attached hydrogens (tertiary/aromatic N) is 2. The predicted octanol–water partition coefficient (Wildman–Crippen LogP) is 2.49. The molecule has 2 N–H and O–H groups in total. The van der Waals surface area contributed by atoms with Crippen LogP contribution in [0.3, 0.4) is 0 Å². The fourth-order valence-corrected chi connectivity index (χ4v) is 2.43. The zero-order valence-electron chi connectivity index (χ0n) is 13.0. The summed E-state index contributed by atoms with van der Waals surface area (Å²) < 4.78 is 0. The fraction of sp³-hybridized carbons (Fsp3) is 0.105. The highest BCUT2D eigenvalue weighted by Gasteiger charge is 2.19. The van der Waals surface area contributed by atoms with Gasteiger partial charge in [-0.3, -0.25) is 4.79 Å². The summed E-state index contributed by atoms with van der Waals surface area (Å²) in [4.78, 5) is 12.5. The Morgan fingerprint density at radius 1 is 0.958 bits per heavy atom. The number of aromatic nitrogens is 2.